The van der Waals surface area contributed by atoms with Gasteiger partial charge in [-0.15, -0.1) is 0 Å². The molecule has 112 valence electrons. The van der Waals surface area contributed by atoms with Gasteiger partial charge in [-0.3, -0.25) is 0 Å². The number of carbonyl (C=O) groups is 1. The molecule has 0 saturated carbocycles. The maximum atomic E-state index is 12.0. The molecule has 0 unspecified atom stereocenters. The van der Waals surface area contributed by atoms with Crippen molar-refractivity contribution in [2.75, 3.05) is 33.3 Å². The number of piperazine rings is 1. The molecule has 1 aliphatic carbocycles. The van der Waals surface area contributed by atoms with E-state index in [4.69, 9.17) is 4.74 Å². The lowest BCUT2D eigenvalue weighted by molar-refractivity contribution is -0.136. The molecule has 1 aliphatic heterocycles. The highest BCUT2D eigenvalue weighted by Gasteiger charge is 2.27. The van der Waals surface area contributed by atoms with Crippen molar-refractivity contribution in [2.24, 2.45) is 0 Å². The molecule has 0 radical (unpaired) electrons. The number of ether oxygens (including phenoxy) is 1. The molecule has 2 aliphatic rings. The molecule has 0 amide bonds. The third kappa shape index (κ3) is 3.55. The lowest BCUT2D eigenvalue weighted by Gasteiger charge is -2.38. The highest BCUT2D eigenvalue weighted by atomic mass is 16.5. The van der Waals surface area contributed by atoms with Gasteiger partial charge in [0.25, 0.3) is 0 Å². The van der Waals surface area contributed by atoms with Gasteiger partial charge >= 0.3 is 13.0 Å². The van der Waals surface area contributed by atoms with Crippen LogP contribution >= 0.6 is 0 Å². The zero-order valence-corrected chi connectivity index (χ0v) is 12.6. The standard InChI is InChI=1S/C14H25BN2O3/c1-15(19)17-10-8-16(9-11-17)13-7-5-3-4-6-12(13)14(18)20-2/h19H,3-11H2,1-2H3. The predicted octanol–water partition coefficient (Wildman–Crippen LogP) is 1.11. The summed E-state index contributed by atoms with van der Waals surface area (Å²) in [5.41, 5.74) is 2.05. The van der Waals surface area contributed by atoms with E-state index in [-0.39, 0.29) is 13.0 Å². The van der Waals surface area contributed by atoms with Crippen molar-refractivity contribution >= 4 is 13.0 Å². The highest BCUT2D eigenvalue weighted by molar-refractivity contribution is 6.45. The van der Waals surface area contributed by atoms with Crippen LogP contribution in [0.4, 0.5) is 0 Å². The van der Waals surface area contributed by atoms with Gasteiger partial charge in [0.2, 0.25) is 0 Å². The van der Waals surface area contributed by atoms with Crippen molar-refractivity contribution < 1.29 is 14.6 Å². The second-order valence-corrected chi connectivity index (χ2v) is 5.63. The predicted molar refractivity (Wildman–Crippen MR) is 79.1 cm³/mol. The van der Waals surface area contributed by atoms with Crippen LogP contribution in [0.5, 0.6) is 0 Å². The Morgan fingerprint density at radius 2 is 1.80 bits per heavy atom. The third-order valence-corrected chi connectivity index (χ3v) is 4.34. The van der Waals surface area contributed by atoms with Gasteiger partial charge in [0.1, 0.15) is 0 Å². The Kier molecular flexibility index (Phi) is 5.49. The molecule has 0 bridgehead atoms. The van der Waals surface area contributed by atoms with E-state index >= 15 is 0 Å². The zero-order chi connectivity index (χ0) is 14.5. The van der Waals surface area contributed by atoms with Crippen LogP contribution in [-0.2, 0) is 9.53 Å². The molecule has 6 heteroatoms. The molecule has 0 atom stereocenters. The van der Waals surface area contributed by atoms with Crippen LogP contribution < -0.4 is 0 Å². The average Bonchev–Trinajstić information content (AvgIpc) is 2.72. The summed E-state index contributed by atoms with van der Waals surface area (Å²) in [6.07, 6.45) is 5.20. The average molecular weight is 280 g/mol. The Morgan fingerprint density at radius 3 is 2.40 bits per heavy atom. The number of carbonyl (C=O) groups excluding carboxylic acids is 1. The van der Waals surface area contributed by atoms with Crippen LogP contribution in [0, 0.1) is 0 Å². The minimum absolute atomic E-state index is 0.167. The van der Waals surface area contributed by atoms with Crippen LogP contribution in [0.1, 0.15) is 32.1 Å². The number of hydrogen-bond donors (Lipinski definition) is 1. The van der Waals surface area contributed by atoms with Gasteiger partial charge < -0.3 is 19.5 Å². The molecule has 20 heavy (non-hydrogen) atoms. The van der Waals surface area contributed by atoms with Gasteiger partial charge in [0.15, 0.2) is 0 Å². The Morgan fingerprint density at radius 1 is 1.15 bits per heavy atom. The minimum atomic E-state index is -0.389. The van der Waals surface area contributed by atoms with Crippen LogP contribution in [0.15, 0.2) is 11.3 Å². The Hall–Kier alpha value is -1.01. The number of hydrogen-bond acceptors (Lipinski definition) is 5. The molecule has 1 N–H and O–H groups in total. The highest BCUT2D eigenvalue weighted by Crippen LogP contribution is 2.28. The molecular formula is C14H25BN2O3. The summed E-state index contributed by atoms with van der Waals surface area (Å²) in [6, 6.07) is 0. The number of nitrogens with zero attached hydrogens (tertiary/aromatic N) is 2. The third-order valence-electron chi connectivity index (χ3n) is 4.34. The number of allylic oxidation sites excluding steroid dienone is 1. The lowest BCUT2D eigenvalue weighted by Crippen LogP contribution is -2.51. The minimum Gasteiger partial charge on any atom is -0.466 e. The molecule has 5 nitrogen and oxygen atoms in total. The van der Waals surface area contributed by atoms with Gasteiger partial charge in [0.05, 0.1) is 12.7 Å². The molecule has 0 aromatic heterocycles. The first-order chi connectivity index (χ1) is 9.63. The van der Waals surface area contributed by atoms with Crippen molar-refractivity contribution in [1.82, 2.24) is 9.71 Å². The maximum Gasteiger partial charge on any atom is 0.376 e. The van der Waals surface area contributed by atoms with E-state index in [9.17, 15) is 9.82 Å². The van der Waals surface area contributed by atoms with Crippen molar-refractivity contribution in [1.29, 1.82) is 0 Å². The van der Waals surface area contributed by atoms with E-state index in [1.54, 1.807) is 6.82 Å². The molecule has 0 aromatic carbocycles. The molecular weight excluding hydrogens is 255 g/mol. The fourth-order valence-corrected chi connectivity index (χ4v) is 3.12. The van der Waals surface area contributed by atoms with E-state index < -0.39 is 0 Å². The SMILES string of the molecule is COC(=O)C1=C(N2CCN(B(C)O)CC2)CCCCC1. The summed E-state index contributed by atoms with van der Waals surface area (Å²) < 4.78 is 4.95. The zero-order valence-electron chi connectivity index (χ0n) is 12.6. The summed E-state index contributed by atoms with van der Waals surface area (Å²) in [5.74, 6) is -0.167. The van der Waals surface area contributed by atoms with Crippen LogP contribution in [0.2, 0.25) is 6.82 Å². The first kappa shape index (κ1) is 15.4. The number of methoxy groups -OCH3 is 1. The van der Waals surface area contributed by atoms with Crippen LogP contribution in [0.3, 0.4) is 0 Å². The lowest BCUT2D eigenvalue weighted by atomic mass is 9.84. The fraction of sp³-hybridized carbons (Fsp3) is 0.786. The smallest absolute Gasteiger partial charge is 0.376 e. The number of esters is 1. The van der Waals surface area contributed by atoms with Gasteiger partial charge in [-0.2, -0.15) is 0 Å². The van der Waals surface area contributed by atoms with Gasteiger partial charge in [-0.25, -0.2) is 4.79 Å². The molecule has 1 heterocycles. The van der Waals surface area contributed by atoms with E-state index in [2.05, 4.69) is 9.71 Å². The topological polar surface area (TPSA) is 53.0 Å². The summed E-state index contributed by atoms with van der Waals surface area (Å²) >= 11 is 0. The first-order valence-corrected chi connectivity index (χ1v) is 7.61. The second kappa shape index (κ2) is 7.13. The summed E-state index contributed by atoms with van der Waals surface area (Å²) in [5, 5.41) is 9.62. The van der Waals surface area contributed by atoms with Crippen molar-refractivity contribution in [3.05, 3.63) is 11.3 Å². The van der Waals surface area contributed by atoms with Gasteiger partial charge in [-0.1, -0.05) is 6.42 Å². The quantitative estimate of drug-likeness (QED) is 0.620. The Balaban J connectivity index is 2.11. The summed E-state index contributed by atoms with van der Waals surface area (Å²) in [6.45, 7) is 5.24. The Bertz CT molecular complexity index is 377. The van der Waals surface area contributed by atoms with Crippen molar-refractivity contribution in [3.63, 3.8) is 0 Å². The molecule has 1 saturated heterocycles. The van der Waals surface area contributed by atoms with E-state index in [1.807, 2.05) is 0 Å². The van der Waals surface area contributed by atoms with Gasteiger partial charge in [0, 0.05) is 31.9 Å². The molecule has 1 fully saturated rings. The Labute approximate surface area is 121 Å². The second-order valence-electron chi connectivity index (χ2n) is 5.63. The monoisotopic (exact) mass is 280 g/mol. The maximum absolute atomic E-state index is 12.0. The molecule has 2 rings (SSSR count). The summed E-state index contributed by atoms with van der Waals surface area (Å²) in [4.78, 5) is 16.4. The first-order valence-electron chi connectivity index (χ1n) is 7.61. The van der Waals surface area contributed by atoms with Crippen LogP contribution in [0.25, 0.3) is 0 Å². The van der Waals surface area contributed by atoms with E-state index in [1.165, 1.54) is 19.2 Å². The summed E-state index contributed by atoms with van der Waals surface area (Å²) in [7, 11) is 1.07. The van der Waals surface area contributed by atoms with E-state index in [0.29, 0.717) is 0 Å². The number of rotatable bonds is 3. The van der Waals surface area contributed by atoms with Crippen molar-refractivity contribution in [2.45, 2.75) is 38.9 Å². The molecule has 0 spiro atoms. The largest absolute Gasteiger partial charge is 0.466 e. The fourth-order valence-electron chi connectivity index (χ4n) is 3.12. The normalized spacial score (nSPS) is 21.6. The molecule has 0 aromatic rings. The van der Waals surface area contributed by atoms with Crippen molar-refractivity contribution in [3.8, 4) is 0 Å². The van der Waals surface area contributed by atoms with Crippen LogP contribution in [-0.4, -0.2) is 61.0 Å². The van der Waals surface area contributed by atoms with E-state index in [0.717, 1.165) is 57.4 Å². The van der Waals surface area contributed by atoms with Gasteiger partial charge in [-0.05, 0) is 32.5 Å².